The zero-order valence-corrected chi connectivity index (χ0v) is 30.5. The van der Waals surface area contributed by atoms with Crippen LogP contribution in [0.1, 0.15) is 68.2 Å². The van der Waals surface area contributed by atoms with Crippen LogP contribution >= 0.6 is 34.0 Å². The van der Waals surface area contributed by atoms with Crippen molar-refractivity contribution in [1.29, 1.82) is 0 Å². The fourth-order valence-corrected chi connectivity index (χ4v) is 5.45. The zero-order chi connectivity index (χ0) is 32.4. The summed E-state index contributed by atoms with van der Waals surface area (Å²) >= 11 is 0. The molecule has 1 heterocycles. The highest BCUT2D eigenvalue weighted by molar-refractivity contribution is 8.93. The van der Waals surface area contributed by atoms with E-state index >= 15 is 0 Å². The summed E-state index contributed by atoms with van der Waals surface area (Å²) in [4.78, 5) is 47.2. The Labute approximate surface area is 296 Å². The number of unbranched alkanes of at least 4 members (excludes halogenated alkanes) is 4. The average Bonchev–Trinajstić information content (AvgIpc) is 3.02. The maximum absolute atomic E-state index is 13.1. The molecular formula is C33H48Br2N6O6. The van der Waals surface area contributed by atoms with E-state index in [0.717, 1.165) is 88.7 Å². The first-order valence-corrected chi connectivity index (χ1v) is 16.0. The van der Waals surface area contributed by atoms with Crippen molar-refractivity contribution in [3.8, 4) is 0 Å². The van der Waals surface area contributed by atoms with Crippen LogP contribution in [0.2, 0.25) is 0 Å². The summed E-state index contributed by atoms with van der Waals surface area (Å²) in [5, 5.41) is 29.0. The lowest BCUT2D eigenvalue weighted by Gasteiger charge is -2.13. The molecule has 0 saturated carbocycles. The molecule has 12 nitrogen and oxygen atoms in total. The van der Waals surface area contributed by atoms with Gasteiger partial charge in [-0.2, -0.15) is 0 Å². The molecule has 47 heavy (non-hydrogen) atoms. The van der Waals surface area contributed by atoms with Gasteiger partial charge in [0, 0.05) is 48.1 Å². The molecule has 0 atom stereocenters. The molecule has 0 aliphatic heterocycles. The van der Waals surface area contributed by atoms with E-state index in [1.165, 1.54) is 16.7 Å². The Morgan fingerprint density at radius 1 is 0.617 bits per heavy atom. The van der Waals surface area contributed by atoms with Crippen molar-refractivity contribution in [3.05, 3.63) is 112 Å². The van der Waals surface area contributed by atoms with Gasteiger partial charge in [-0.1, -0.05) is 49.2 Å². The third-order valence-electron chi connectivity index (χ3n) is 7.93. The summed E-state index contributed by atoms with van der Waals surface area (Å²) in [7, 11) is 0. The van der Waals surface area contributed by atoms with Gasteiger partial charge in [-0.05, 0) is 84.5 Å². The normalized spacial score (nSPS) is 10.7. The van der Waals surface area contributed by atoms with Gasteiger partial charge in [0.25, 0.3) is 16.9 Å². The first-order chi connectivity index (χ1) is 21.8. The number of nitrogens with zero attached hydrogens (tertiary/aromatic N) is 4. The van der Waals surface area contributed by atoms with E-state index in [-0.39, 0.29) is 66.4 Å². The second kappa shape index (κ2) is 23.2. The Hall–Kier alpha value is -3.20. The second-order valence-corrected chi connectivity index (χ2v) is 11.3. The van der Waals surface area contributed by atoms with Crippen molar-refractivity contribution in [2.75, 3.05) is 26.2 Å². The molecule has 2 aromatic carbocycles. The molecule has 0 bridgehead atoms. The summed E-state index contributed by atoms with van der Waals surface area (Å²) in [6.45, 7) is 5.97. The van der Waals surface area contributed by atoms with E-state index in [1.54, 1.807) is 41.8 Å². The molecular weight excluding hydrogens is 736 g/mol. The molecule has 0 aliphatic rings. The zero-order valence-electron chi connectivity index (χ0n) is 27.1. The number of aryl methyl sites for hydroxylation is 3. The van der Waals surface area contributed by atoms with E-state index in [1.807, 2.05) is 12.1 Å². The molecule has 0 spiro atoms. The Kier molecular flexibility index (Phi) is 20.6. The van der Waals surface area contributed by atoms with Gasteiger partial charge in [-0.3, -0.25) is 34.2 Å². The Balaban J connectivity index is 0.00000552. The molecule has 0 amide bonds. The Morgan fingerprint density at radius 2 is 1.04 bits per heavy atom. The van der Waals surface area contributed by atoms with Crippen molar-refractivity contribution in [1.82, 2.24) is 19.8 Å². The number of halogens is 2. The van der Waals surface area contributed by atoms with Crippen LogP contribution < -0.4 is 21.9 Å². The van der Waals surface area contributed by atoms with Crippen molar-refractivity contribution in [2.45, 2.75) is 84.2 Å². The lowest BCUT2D eigenvalue weighted by molar-refractivity contribution is -0.385. The monoisotopic (exact) mass is 782 g/mol. The van der Waals surface area contributed by atoms with Crippen molar-refractivity contribution in [3.63, 3.8) is 0 Å². The quantitative estimate of drug-likeness (QED) is 0.0707. The van der Waals surface area contributed by atoms with Gasteiger partial charge in [-0.25, -0.2) is 4.79 Å². The van der Waals surface area contributed by atoms with Crippen LogP contribution in [-0.2, 0) is 25.9 Å². The molecule has 0 aliphatic carbocycles. The molecule has 3 aromatic rings. The average molecular weight is 785 g/mol. The highest BCUT2D eigenvalue weighted by Crippen LogP contribution is 2.19. The number of nitro benzene ring substituents is 2. The largest absolute Gasteiger partial charge is 0.331 e. The second-order valence-electron chi connectivity index (χ2n) is 11.3. The number of nitrogens with one attached hydrogen (secondary N) is 2. The molecule has 2 N–H and O–H groups in total. The summed E-state index contributed by atoms with van der Waals surface area (Å²) in [6.07, 6.45) is 8.20. The molecule has 1 aromatic heterocycles. The van der Waals surface area contributed by atoms with Gasteiger partial charge in [0.2, 0.25) is 0 Å². The lowest BCUT2D eigenvalue weighted by Crippen LogP contribution is -2.40. The fourth-order valence-electron chi connectivity index (χ4n) is 5.45. The van der Waals surface area contributed by atoms with Crippen molar-refractivity contribution in [2.24, 2.45) is 0 Å². The predicted octanol–water partition coefficient (Wildman–Crippen LogP) is 6.08. The van der Waals surface area contributed by atoms with Gasteiger partial charge < -0.3 is 10.6 Å². The van der Waals surface area contributed by atoms with Gasteiger partial charge >= 0.3 is 5.69 Å². The van der Waals surface area contributed by atoms with Crippen molar-refractivity contribution >= 4 is 45.3 Å². The third kappa shape index (κ3) is 14.2. The van der Waals surface area contributed by atoms with Gasteiger partial charge in [0.05, 0.1) is 9.85 Å². The molecule has 14 heteroatoms. The number of rotatable bonds is 22. The highest BCUT2D eigenvalue weighted by Gasteiger charge is 2.13. The van der Waals surface area contributed by atoms with Gasteiger partial charge in [0.1, 0.15) is 0 Å². The first kappa shape index (κ1) is 41.8. The van der Waals surface area contributed by atoms with Crippen LogP contribution in [0.5, 0.6) is 0 Å². The number of benzene rings is 2. The van der Waals surface area contributed by atoms with Crippen LogP contribution in [-0.4, -0.2) is 45.2 Å². The van der Waals surface area contributed by atoms with Crippen LogP contribution in [0, 0.1) is 27.2 Å². The maximum atomic E-state index is 13.1. The smallest absolute Gasteiger partial charge is 0.317 e. The van der Waals surface area contributed by atoms with Crippen LogP contribution in [0.15, 0.2) is 64.2 Å². The number of hydrogen-bond acceptors (Lipinski definition) is 8. The van der Waals surface area contributed by atoms with Gasteiger partial charge in [-0.15, -0.1) is 34.0 Å². The van der Waals surface area contributed by atoms with Crippen LogP contribution in [0.25, 0.3) is 0 Å². The number of para-hydroxylation sites is 2. The molecule has 0 saturated heterocycles. The van der Waals surface area contributed by atoms with Crippen LogP contribution in [0.3, 0.4) is 0 Å². The Bertz CT molecular complexity index is 1510. The fraction of sp³-hybridized carbons (Fsp3) is 0.515. The summed E-state index contributed by atoms with van der Waals surface area (Å²) in [6, 6.07) is 15.2. The molecule has 0 fully saturated rings. The molecule has 260 valence electrons. The first-order valence-electron chi connectivity index (χ1n) is 16.0. The number of nitro groups is 2. The van der Waals surface area contributed by atoms with E-state index < -0.39 is 0 Å². The van der Waals surface area contributed by atoms with Gasteiger partial charge in [0.15, 0.2) is 0 Å². The summed E-state index contributed by atoms with van der Waals surface area (Å²) in [5.74, 6) is 0. The SMILES string of the molecule is Br.Br.Cc1cc(=O)n(CCCCCNCCCc2ccccc2[N+](=O)[O-])c(=O)n1CCCCCNCCCc1ccccc1[N+](=O)[O-]. The Morgan fingerprint density at radius 3 is 1.51 bits per heavy atom. The van der Waals surface area contributed by atoms with Crippen LogP contribution in [0.4, 0.5) is 11.4 Å². The number of aromatic nitrogens is 2. The standard InChI is InChI=1S/C33H46N6O6.2BrH/c1-27-26-32(40)37(25-11-3-9-21-35-23-13-17-29-15-5-7-19-31(29)39(44)45)33(41)36(27)24-10-2-8-20-34-22-12-16-28-14-4-6-18-30(28)38(42)43;;/h4-7,14-15,18-19,26,34-35H,2-3,8-13,16-17,20-25H2,1H3;2*1H. The van der Waals surface area contributed by atoms with E-state index in [4.69, 9.17) is 0 Å². The molecule has 0 radical (unpaired) electrons. The minimum Gasteiger partial charge on any atom is -0.317 e. The topological polar surface area (TPSA) is 154 Å². The molecule has 3 rings (SSSR count). The third-order valence-corrected chi connectivity index (χ3v) is 7.93. The van der Waals surface area contributed by atoms with Crippen molar-refractivity contribution < 1.29 is 9.85 Å². The maximum Gasteiger partial charge on any atom is 0.331 e. The highest BCUT2D eigenvalue weighted by atomic mass is 79.9. The molecule has 0 unspecified atom stereocenters. The number of hydrogen-bond donors (Lipinski definition) is 2. The minimum atomic E-state index is -0.340. The van der Waals surface area contributed by atoms with E-state index in [0.29, 0.717) is 31.6 Å². The van der Waals surface area contributed by atoms with E-state index in [2.05, 4.69) is 10.6 Å². The minimum absolute atomic E-state index is 0. The van der Waals surface area contributed by atoms with E-state index in [9.17, 15) is 29.8 Å². The summed E-state index contributed by atoms with van der Waals surface area (Å²) < 4.78 is 3.03. The lowest BCUT2D eigenvalue weighted by atomic mass is 10.1. The predicted molar refractivity (Wildman–Crippen MR) is 197 cm³/mol. The summed E-state index contributed by atoms with van der Waals surface area (Å²) in [5.41, 5.74) is 2.02.